The molecule has 0 saturated heterocycles. The zero-order chi connectivity index (χ0) is 20.9. The first-order valence-electron chi connectivity index (χ1n) is 10.7. The zero-order valence-corrected chi connectivity index (χ0v) is 17.4. The Bertz CT molecular complexity index is 1020. The van der Waals surface area contributed by atoms with E-state index in [1.54, 1.807) is 12.3 Å². The van der Waals surface area contributed by atoms with Crippen LogP contribution in [-0.2, 0) is 22.4 Å². The van der Waals surface area contributed by atoms with E-state index < -0.39 is 0 Å². The van der Waals surface area contributed by atoms with Crippen molar-refractivity contribution in [2.45, 2.75) is 39.0 Å². The molecule has 0 spiro atoms. The molecule has 4 rings (SSSR count). The van der Waals surface area contributed by atoms with Crippen LogP contribution >= 0.6 is 0 Å². The molecule has 5 heteroatoms. The van der Waals surface area contributed by atoms with E-state index >= 15 is 0 Å². The van der Waals surface area contributed by atoms with Crippen LogP contribution in [0.5, 0.6) is 0 Å². The van der Waals surface area contributed by atoms with Crippen LogP contribution in [0.15, 0.2) is 48.7 Å². The van der Waals surface area contributed by atoms with Gasteiger partial charge in [-0.2, -0.15) is 0 Å². The molecule has 2 aliphatic rings. The van der Waals surface area contributed by atoms with Gasteiger partial charge >= 0.3 is 0 Å². The van der Waals surface area contributed by atoms with Crippen molar-refractivity contribution in [1.29, 1.82) is 0 Å². The van der Waals surface area contributed by atoms with E-state index in [4.69, 9.17) is 0 Å². The average molecular weight is 402 g/mol. The van der Waals surface area contributed by atoms with Gasteiger partial charge in [0.2, 0.25) is 11.8 Å². The Kier molecular flexibility index (Phi) is 6.07. The van der Waals surface area contributed by atoms with Crippen molar-refractivity contribution in [3.8, 4) is 0 Å². The molecule has 1 aromatic heterocycles. The van der Waals surface area contributed by atoms with Crippen molar-refractivity contribution in [2.75, 3.05) is 18.4 Å². The maximum absolute atomic E-state index is 12.7. The number of carbonyl (C=O) groups is 2. The summed E-state index contributed by atoms with van der Waals surface area (Å²) in [6.45, 7) is 3.55. The van der Waals surface area contributed by atoms with Crippen LogP contribution in [0.1, 0.15) is 48.4 Å². The third kappa shape index (κ3) is 4.67. The summed E-state index contributed by atoms with van der Waals surface area (Å²) in [6.07, 6.45) is 11.5. The summed E-state index contributed by atoms with van der Waals surface area (Å²) in [7, 11) is 0. The summed E-state index contributed by atoms with van der Waals surface area (Å²) in [5.41, 5.74) is 5.82. The Morgan fingerprint density at radius 1 is 1.23 bits per heavy atom. The van der Waals surface area contributed by atoms with E-state index in [1.165, 1.54) is 16.7 Å². The van der Waals surface area contributed by atoms with Crippen LogP contribution in [-0.4, -0.2) is 34.8 Å². The van der Waals surface area contributed by atoms with Crippen LogP contribution in [0.3, 0.4) is 0 Å². The minimum Gasteiger partial charge on any atom is -0.335 e. The van der Waals surface area contributed by atoms with Gasteiger partial charge in [0.15, 0.2) is 0 Å². The minimum atomic E-state index is 0.00322. The predicted octanol–water partition coefficient (Wildman–Crippen LogP) is 4.25. The second kappa shape index (κ2) is 9.08. The van der Waals surface area contributed by atoms with Gasteiger partial charge in [-0.15, -0.1) is 0 Å². The molecule has 2 aliphatic heterocycles. The van der Waals surface area contributed by atoms with Crippen molar-refractivity contribution >= 4 is 29.3 Å². The van der Waals surface area contributed by atoms with Crippen molar-refractivity contribution in [2.24, 2.45) is 0 Å². The number of hydrogen-bond acceptors (Lipinski definition) is 3. The lowest BCUT2D eigenvalue weighted by atomic mass is 9.99. The van der Waals surface area contributed by atoms with E-state index in [1.807, 2.05) is 17.0 Å². The van der Waals surface area contributed by atoms with Gasteiger partial charge < -0.3 is 10.2 Å². The minimum absolute atomic E-state index is 0.00322. The molecular weight excluding hydrogens is 374 g/mol. The maximum atomic E-state index is 12.7. The van der Waals surface area contributed by atoms with E-state index in [2.05, 4.69) is 47.6 Å². The third-order valence-electron chi connectivity index (χ3n) is 5.74. The number of carbonyl (C=O) groups excluding carboxylic acids is 2. The van der Waals surface area contributed by atoms with Crippen molar-refractivity contribution in [3.05, 3.63) is 70.9 Å². The molecule has 154 valence electrons. The number of benzene rings is 1. The number of nitrogens with one attached hydrogen (secondary N) is 1. The second-order valence-electron chi connectivity index (χ2n) is 7.83. The van der Waals surface area contributed by atoms with Gasteiger partial charge in [-0.25, -0.2) is 4.98 Å². The standard InChI is InChI=1S/C25H27N3O2/c1-2-18-5-3-6-21(15-18)20-7-4-13-28(14-12-20)24(30)11-8-19-16-22-9-10-23(29)27-25(22)26-17-19/h3,5-6,8,11-12,15-17H,2,4,7,9-10,13-14H2,1H3,(H,26,27,29)/b11-8+. The van der Waals surface area contributed by atoms with Crippen LogP contribution in [0.2, 0.25) is 0 Å². The fourth-order valence-electron chi connectivity index (χ4n) is 3.97. The monoisotopic (exact) mass is 401 g/mol. The molecule has 2 aromatic rings. The lowest BCUT2D eigenvalue weighted by Gasteiger charge is -2.17. The largest absolute Gasteiger partial charge is 0.335 e. The number of allylic oxidation sites excluding steroid dienone is 1. The quantitative estimate of drug-likeness (QED) is 0.779. The summed E-state index contributed by atoms with van der Waals surface area (Å²) in [6, 6.07) is 10.7. The number of rotatable bonds is 4. The van der Waals surface area contributed by atoms with Gasteiger partial charge in [-0.1, -0.05) is 37.3 Å². The highest BCUT2D eigenvalue weighted by Gasteiger charge is 2.17. The first-order chi connectivity index (χ1) is 14.6. The van der Waals surface area contributed by atoms with E-state index in [-0.39, 0.29) is 11.8 Å². The molecule has 0 radical (unpaired) electrons. The number of aryl methyl sites for hydroxylation is 2. The fourth-order valence-corrected chi connectivity index (χ4v) is 3.97. The van der Waals surface area contributed by atoms with Gasteiger partial charge in [0.1, 0.15) is 5.82 Å². The van der Waals surface area contributed by atoms with Crippen molar-refractivity contribution < 1.29 is 9.59 Å². The topological polar surface area (TPSA) is 62.3 Å². The van der Waals surface area contributed by atoms with Gasteiger partial charge in [0.25, 0.3) is 0 Å². The maximum Gasteiger partial charge on any atom is 0.246 e. The molecular formula is C25H27N3O2. The Hall–Kier alpha value is -3.21. The molecule has 0 unspecified atom stereocenters. The second-order valence-corrected chi connectivity index (χ2v) is 7.83. The first kappa shape index (κ1) is 20.1. The van der Waals surface area contributed by atoms with Crippen LogP contribution < -0.4 is 5.32 Å². The Balaban J connectivity index is 1.42. The molecule has 5 nitrogen and oxygen atoms in total. The zero-order valence-electron chi connectivity index (χ0n) is 17.4. The van der Waals surface area contributed by atoms with Gasteiger partial charge in [0.05, 0.1) is 0 Å². The molecule has 0 aliphatic carbocycles. The molecule has 0 bridgehead atoms. The molecule has 3 heterocycles. The summed E-state index contributed by atoms with van der Waals surface area (Å²) in [5, 5.41) is 2.78. The number of amides is 2. The van der Waals surface area contributed by atoms with Crippen LogP contribution in [0, 0.1) is 0 Å². The molecule has 0 saturated carbocycles. The highest BCUT2D eigenvalue weighted by Crippen LogP contribution is 2.24. The lowest BCUT2D eigenvalue weighted by Crippen LogP contribution is -2.29. The van der Waals surface area contributed by atoms with Crippen LogP contribution in [0.4, 0.5) is 5.82 Å². The number of anilines is 1. The first-order valence-corrected chi connectivity index (χ1v) is 10.7. The number of hydrogen-bond donors (Lipinski definition) is 1. The van der Waals surface area contributed by atoms with Gasteiger partial charge in [0, 0.05) is 31.8 Å². The van der Waals surface area contributed by atoms with E-state index in [0.29, 0.717) is 25.2 Å². The predicted molar refractivity (Wildman–Crippen MR) is 120 cm³/mol. The number of aromatic nitrogens is 1. The molecule has 1 N–H and O–H groups in total. The molecule has 1 aromatic carbocycles. The molecule has 0 atom stereocenters. The number of pyridine rings is 1. The van der Waals surface area contributed by atoms with Crippen LogP contribution in [0.25, 0.3) is 11.6 Å². The molecule has 30 heavy (non-hydrogen) atoms. The normalized spacial score (nSPS) is 16.6. The Morgan fingerprint density at radius 3 is 3.00 bits per heavy atom. The van der Waals surface area contributed by atoms with Crippen molar-refractivity contribution in [3.63, 3.8) is 0 Å². The summed E-state index contributed by atoms with van der Waals surface area (Å²) < 4.78 is 0. The Labute approximate surface area is 177 Å². The average Bonchev–Trinajstić information content (AvgIpc) is 3.04. The summed E-state index contributed by atoms with van der Waals surface area (Å²) >= 11 is 0. The van der Waals surface area contributed by atoms with Gasteiger partial charge in [-0.05, 0) is 65.7 Å². The molecule has 0 fully saturated rings. The fraction of sp³-hybridized carbons (Fsp3) is 0.320. The third-order valence-corrected chi connectivity index (χ3v) is 5.74. The number of nitrogens with zero attached hydrogens (tertiary/aromatic N) is 2. The molecule has 2 amide bonds. The van der Waals surface area contributed by atoms with Gasteiger partial charge in [-0.3, -0.25) is 9.59 Å². The smallest absolute Gasteiger partial charge is 0.246 e. The van der Waals surface area contributed by atoms with E-state index in [9.17, 15) is 9.59 Å². The SMILES string of the molecule is CCc1cccc(C2=CCN(C(=O)/C=C/c3cnc4c(c3)CCC(=O)N4)CCC2)c1. The highest BCUT2D eigenvalue weighted by molar-refractivity contribution is 5.94. The van der Waals surface area contributed by atoms with Crippen molar-refractivity contribution in [1.82, 2.24) is 9.88 Å². The Morgan fingerprint density at radius 2 is 2.13 bits per heavy atom. The van der Waals surface area contributed by atoms with E-state index in [0.717, 1.165) is 36.9 Å². The summed E-state index contributed by atoms with van der Waals surface area (Å²) in [5.74, 6) is 0.649. The number of fused-ring (bicyclic) bond motifs is 1. The highest BCUT2D eigenvalue weighted by atomic mass is 16.2. The summed E-state index contributed by atoms with van der Waals surface area (Å²) in [4.78, 5) is 30.4. The lowest BCUT2D eigenvalue weighted by molar-refractivity contribution is -0.125.